The fourth-order valence-corrected chi connectivity index (χ4v) is 2.58. The van der Waals surface area contributed by atoms with Gasteiger partial charge in [-0.15, -0.1) is 0 Å². The van der Waals surface area contributed by atoms with Crippen LogP contribution in [0.5, 0.6) is 0 Å². The molecule has 2 aromatic carbocycles. The summed E-state index contributed by atoms with van der Waals surface area (Å²) in [7, 11) is 0. The van der Waals surface area contributed by atoms with Gasteiger partial charge in [0.2, 0.25) is 0 Å². The SMILES string of the molecule is BrCC(=NN=C(CBr)c1ccccc1)c1ccccc1. The minimum absolute atomic E-state index is 0.671. The smallest absolute Gasteiger partial charge is 0.0808 e. The van der Waals surface area contributed by atoms with E-state index in [9.17, 15) is 0 Å². The van der Waals surface area contributed by atoms with E-state index in [4.69, 9.17) is 0 Å². The molecule has 0 aliphatic carbocycles. The summed E-state index contributed by atoms with van der Waals surface area (Å²) < 4.78 is 0. The summed E-state index contributed by atoms with van der Waals surface area (Å²) >= 11 is 6.94. The first kappa shape index (κ1) is 15.1. The predicted octanol–water partition coefficient (Wildman–Crippen LogP) is 4.67. The number of alkyl halides is 2. The average molecular weight is 394 g/mol. The Morgan fingerprint density at radius 1 is 0.650 bits per heavy atom. The van der Waals surface area contributed by atoms with Gasteiger partial charge in [0.15, 0.2) is 0 Å². The third-order valence-corrected chi connectivity index (χ3v) is 3.82. The second-order valence-electron chi connectivity index (χ2n) is 4.09. The number of rotatable bonds is 5. The van der Waals surface area contributed by atoms with Crippen molar-refractivity contribution in [3.63, 3.8) is 0 Å². The van der Waals surface area contributed by atoms with Crippen LogP contribution < -0.4 is 0 Å². The summed E-state index contributed by atoms with van der Waals surface area (Å²) in [5.74, 6) is 0. The molecule has 0 saturated carbocycles. The van der Waals surface area contributed by atoms with E-state index < -0.39 is 0 Å². The first-order valence-corrected chi connectivity index (χ1v) is 8.45. The van der Waals surface area contributed by atoms with Gasteiger partial charge in [0.25, 0.3) is 0 Å². The first-order chi connectivity index (χ1) is 9.85. The highest BCUT2D eigenvalue weighted by Gasteiger charge is 2.03. The van der Waals surface area contributed by atoms with Gasteiger partial charge in [0.05, 0.1) is 11.4 Å². The maximum atomic E-state index is 4.39. The van der Waals surface area contributed by atoms with Gasteiger partial charge in [0.1, 0.15) is 0 Å². The number of nitrogens with zero attached hydrogens (tertiary/aromatic N) is 2. The normalized spacial score (nSPS) is 12.5. The lowest BCUT2D eigenvalue weighted by Gasteiger charge is -2.03. The average Bonchev–Trinajstić information content (AvgIpc) is 2.53. The first-order valence-electron chi connectivity index (χ1n) is 6.21. The molecule has 2 nitrogen and oxygen atoms in total. The van der Waals surface area contributed by atoms with Crippen LogP contribution in [0, 0.1) is 0 Å². The van der Waals surface area contributed by atoms with Crippen LogP contribution in [0.25, 0.3) is 0 Å². The molecule has 102 valence electrons. The van der Waals surface area contributed by atoms with Crippen molar-refractivity contribution in [2.24, 2.45) is 10.2 Å². The van der Waals surface area contributed by atoms with Gasteiger partial charge in [-0.25, -0.2) is 0 Å². The van der Waals surface area contributed by atoms with Crippen molar-refractivity contribution in [2.45, 2.75) is 0 Å². The van der Waals surface area contributed by atoms with Gasteiger partial charge in [-0.05, 0) is 11.1 Å². The van der Waals surface area contributed by atoms with Crippen molar-refractivity contribution in [3.8, 4) is 0 Å². The summed E-state index contributed by atoms with van der Waals surface area (Å²) in [6.07, 6.45) is 0. The Balaban J connectivity index is 2.30. The second kappa shape index (κ2) is 8.12. The third-order valence-electron chi connectivity index (χ3n) is 2.76. The van der Waals surface area contributed by atoms with Crippen LogP contribution in [-0.4, -0.2) is 22.1 Å². The van der Waals surface area contributed by atoms with Gasteiger partial charge in [-0.3, -0.25) is 0 Å². The zero-order valence-electron chi connectivity index (χ0n) is 10.8. The highest BCUT2D eigenvalue weighted by molar-refractivity contribution is 9.09. The lowest BCUT2D eigenvalue weighted by molar-refractivity contribution is 1.22. The highest BCUT2D eigenvalue weighted by atomic mass is 79.9. The minimum atomic E-state index is 0.671. The molecule has 0 spiro atoms. The van der Waals surface area contributed by atoms with Crippen LogP contribution in [0.2, 0.25) is 0 Å². The Hall–Kier alpha value is -1.26. The summed E-state index contributed by atoms with van der Waals surface area (Å²) in [4.78, 5) is 0. The molecule has 2 aromatic rings. The highest BCUT2D eigenvalue weighted by Crippen LogP contribution is 2.07. The van der Waals surface area contributed by atoms with Crippen LogP contribution in [0.1, 0.15) is 11.1 Å². The molecular formula is C16H14Br2N2. The van der Waals surface area contributed by atoms with Gasteiger partial charge >= 0.3 is 0 Å². The third kappa shape index (κ3) is 4.12. The van der Waals surface area contributed by atoms with E-state index in [0.29, 0.717) is 10.7 Å². The Kier molecular flexibility index (Phi) is 6.15. The molecule has 0 amide bonds. The molecule has 0 aliphatic heterocycles. The number of hydrogen-bond donors (Lipinski definition) is 0. The largest absolute Gasteiger partial charge is 0.154 e. The Bertz CT molecular complexity index is 537. The van der Waals surface area contributed by atoms with Gasteiger partial charge < -0.3 is 0 Å². The molecule has 0 saturated heterocycles. The second-order valence-corrected chi connectivity index (χ2v) is 5.21. The molecular weight excluding hydrogens is 380 g/mol. The van der Waals surface area contributed by atoms with Crippen molar-refractivity contribution in [3.05, 3.63) is 71.8 Å². The quantitative estimate of drug-likeness (QED) is 0.400. The molecule has 0 aliphatic rings. The molecule has 0 fully saturated rings. The number of benzene rings is 2. The topological polar surface area (TPSA) is 24.7 Å². The summed E-state index contributed by atoms with van der Waals surface area (Å²) in [6, 6.07) is 20.1. The van der Waals surface area contributed by atoms with E-state index in [1.807, 2.05) is 60.7 Å². The molecule has 0 unspecified atom stereocenters. The predicted molar refractivity (Wildman–Crippen MR) is 93.5 cm³/mol. The van der Waals surface area contributed by atoms with Crippen molar-refractivity contribution < 1.29 is 0 Å². The van der Waals surface area contributed by atoms with Crippen LogP contribution in [0.15, 0.2) is 70.9 Å². The van der Waals surface area contributed by atoms with E-state index in [0.717, 1.165) is 22.6 Å². The number of halogens is 2. The zero-order chi connectivity index (χ0) is 14.2. The molecule has 4 heteroatoms. The number of hydrogen-bond acceptors (Lipinski definition) is 2. The van der Waals surface area contributed by atoms with E-state index in [-0.39, 0.29) is 0 Å². The Morgan fingerprint density at radius 2 is 1.00 bits per heavy atom. The van der Waals surface area contributed by atoms with Crippen molar-refractivity contribution in [1.82, 2.24) is 0 Å². The minimum Gasteiger partial charge on any atom is -0.154 e. The molecule has 0 radical (unpaired) electrons. The Labute approximate surface area is 135 Å². The maximum absolute atomic E-state index is 4.39. The van der Waals surface area contributed by atoms with Crippen molar-refractivity contribution in [2.75, 3.05) is 10.7 Å². The zero-order valence-corrected chi connectivity index (χ0v) is 14.0. The van der Waals surface area contributed by atoms with Gasteiger partial charge in [0, 0.05) is 10.7 Å². The fourth-order valence-electron chi connectivity index (χ4n) is 1.71. The van der Waals surface area contributed by atoms with Crippen LogP contribution in [-0.2, 0) is 0 Å². The van der Waals surface area contributed by atoms with Gasteiger partial charge in [-0.1, -0.05) is 92.5 Å². The molecule has 20 heavy (non-hydrogen) atoms. The summed E-state index contributed by atoms with van der Waals surface area (Å²) in [6.45, 7) is 0. The van der Waals surface area contributed by atoms with Crippen LogP contribution >= 0.6 is 31.9 Å². The lowest BCUT2D eigenvalue weighted by Crippen LogP contribution is -2.05. The molecule has 0 atom stereocenters. The van der Waals surface area contributed by atoms with E-state index in [2.05, 4.69) is 42.1 Å². The summed E-state index contributed by atoms with van der Waals surface area (Å²) in [5, 5.41) is 10.1. The molecule has 2 rings (SSSR count). The van der Waals surface area contributed by atoms with Crippen molar-refractivity contribution in [1.29, 1.82) is 0 Å². The molecule has 0 aromatic heterocycles. The molecule has 0 bridgehead atoms. The van der Waals surface area contributed by atoms with Crippen LogP contribution in [0.4, 0.5) is 0 Å². The molecule has 0 N–H and O–H groups in total. The Morgan fingerprint density at radius 3 is 1.30 bits per heavy atom. The van der Waals surface area contributed by atoms with Gasteiger partial charge in [-0.2, -0.15) is 10.2 Å². The standard InChI is InChI=1S/C16H14Br2N2/c17-11-15(13-7-3-1-4-8-13)19-20-16(12-18)14-9-5-2-6-10-14/h1-10H,11-12H2. The van der Waals surface area contributed by atoms with E-state index >= 15 is 0 Å². The maximum Gasteiger partial charge on any atom is 0.0808 e. The summed E-state index contributed by atoms with van der Waals surface area (Å²) in [5.41, 5.74) is 3.99. The van der Waals surface area contributed by atoms with E-state index in [1.165, 1.54) is 0 Å². The lowest BCUT2D eigenvalue weighted by atomic mass is 10.1. The van der Waals surface area contributed by atoms with Crippen LogP contribution in [0.3, 0.4) is 0 Å². The van der Waals surface area contributed by atoms with Crippen molar-refractivity contribution >= 4 is 43.3 Å². The monoisotopic (exact) mass is 392 g/mol. The fraction of sp³-hybridized carbons (Fsp3) is 0.125. The van der Waals surface area contributed by atoms with E-state index in [1.54, 1.807) is 0 Å². The molecule has 0 heterocycles.